The predicted octanol–water partition coefficient (Wildman–Crippen LogP) is 4.43. The zero-order valence-corrected chi connectivity index (χ0v) is 11.0. The molecule has 84 valence electrons. The van der Waals surface area contributed by atoms with Gasteiger partial charge in [-0.2, -0.15) is 5.26 Å². The van der Waals surface area contributed by atoms with Gasteiger partial charge in [-0.05, 0) is 54.8 Å². The number of rotatable bonds is 3. The molecule has 0 aliphatic heterocycles. The molecule has 0 unspecified atom stereocenters. The van der Waals surface area contributed by atoms with Crippen molar-refractivity contribution in [2.24, 2.45) is 0 Å². The molecule has 0 bridgehead atoms. The zero-order chi connectivity index (χ0) is 12.1. The molecule has 0 aromatic heterocycles. The number of hydrogen-bond donors (Lipinski definition) is 0. The normalized spacial score (nSPS) is 9.88. The lowest BCUT2D eigenvalue weighted by Crippen LogP contribution is -1.76. The van der Waals surface area contributed by atoms with Crippen LogP contribution in [0.25, 0.3) is 0 Å². The lowest BCUT2D eigenvalue weighted by molar-refractivity contribution is 1.34. The molecule has 1 nitrogen and oxygen atoms in total. The molecule has 0 aliphatic rings. The van der Waals surface area contributed by atoms with Gasteiger partial charge in [0.1, 0.15) is 0 Å². The Morgan fingerprint density at radius 2 is 1.29 bits per heavy atom. The highest BCUT2D eigenvalue weighted by molar-refractivity contribution is 7.99. The first-order chi connectivity index (χ1) is 8.31. The summed E-state index contributed by atoms with van der Waals surface area (Å²) in [5.74, 6) is 0. The van der Waals surface area contributed by atoms with E-state index in [4.69, 9.17) is 5.26 Å². The Morgan fingerprint density at radius 1 is 0.824 bits per heavy atom. The first-order valence-corrected chi connectivity index (χ1v) is 7.18. The summed E-state index contributed by atoms with van der Waals surface area (Å²) >= 11 is 3.45. The van der Waals surface area contributed by atoms with Gasteiger partial charge in [-0.3, -0.25) is 0 Å². The number of nitrogens with zero attached hydrogens (tertiary/aromatic N) is 1. The second kappa shape index (κ2) is 5.81. The van der Waals surface area contributed by atoms with Crippen LogP contribution < -0.4 is 0 Å². The molecule has 2 rings (SSSR count). The van der Waals surface area contributed by atoms with Crippen molar-refractivity contribution in [3.8, 4) is 6.07 Å². The van der Waals surface area contributed by atoms with Crippen molar-refractivity contribution in [1.82, 2.24) is 0 Å². The molecule has 0 saturated heterocycles. The Morgan fingerprint density at radius 3 is 1.76 bits per heavy atom. The Balaban J connectivity index is 2.11. The molecule has 0 N–H and O–H groups in total. The molecule has 0 fully saturated rings. The highest BCUT2D eigenvalue weighted by Crippen LogP contribution is 2.29. The molecule has 0 spiro atoms. The highest BCUT2D eigenvalue weighted by atomic mass is 32.2. The standard InChI is InChI=1S/C14H11NS2/c1-16-12-6-8-14(9-7-12)17-13-4-2-11(10-15)3-5-13/h2-9H,1H3. The summed E-state index contributed by atoms with van der Waals surface area (Å²) in [6.45, 7) is 0. The van der Waals surface area contributed by atoms with E-state index in [-0.39, 0.29) is 0 Å². The lowest BCUT2D eigenvalue weighted by atomic mass is 10.2. The number of benzene rings is 2. The molecule has 0 heterocycles. The molecular weight excluding hydrogens is 246 g/mol. The summed E-state index contributed by atoms with van der Waals surface area (Å²) < 4.78 is 0. The molecule has 0 radical (unpaired) electrons. The van der Waals surface area contributed by atoms with Gasteiger partial charge in [0.05, 0.1) is 11.6 Å². The van der Waals surface area contributed by atoms with Crippen molar-refractivity contribution >= 4 is 23.5 Å². The van der Waals surface area contributed by atoms with E-state index in [0.717, 1.165) is 4.90 Å². The predicted molar refractivity (Wildman–Crippen MR) is 73.5 cm³/mol. The van der Waals surface area contributed by atoms with Crippen LogP contribution in [0.2, 0.25) is 0 Å². The maximum Gasteiger partial charge on any atom is 0.0991 e. The summed E-state index contributed by atoms with van der Waals surface area (Å²) in [6, 6.07) is 18.3. The minimum atomic E-state index is 0.701. The average Bonchev–Trinajstić information content (AvgIpc) is 2.40. The molecule has 17 heavy (non-hydrogen) atoms. The van der Waals surface area contributed by atoms with E-state index in [0.29, 0.717) is 5.56 Å². The number of thioether (sulfide) groups is 1. The molecule has 0 atom stereocenters. The van der Waals surface area contributed by atoms with Crippen LogP contribution in [0.3, 0.4) is 0 Å². The molecule has 0 aliphatic carbocycles. The van der Waals surface area contributed by atoms with Crippen molar-refractivity contribution in [2.75, 3.05) is 6.26 Å². The third kappa shape index (κ3) is 3.29. The van der Waals surface area contributed by atoms with E-state index < -0.39 is 0 Å². The maximum atomic E-state index is 8.72. The summed E-state index contributed by atoms with van der Waals surface area (Å²) in [4.78, 5) is 3.64. The summed E-state index contributed by atoms with van der Waals surface area (Å²) in [5.41, 5.74) is 0.701. The summed E-state index contributed by atoms with van der Waals surface area (Å²) in [6.07, 6.45) is 2.07. The molecule has 2 aromatic carbocycles. The SMILES string of the molecule is CSc1ccc(Sc2ccc(C#N)cc2)cc1. The topological polar surface area (TPSA) is 23.8 Å². The Hall–Kier alpha value is -1.37. The van der Waals surface area contributed by atoms with Crippen LogP contribution in [0.1, 0.15) is 5.56 Å². The van der Waals surface area contributed by atoms with Gasteiger partial charge in [0.2, 0.25) is 0 Å². The van der Waals surface area contributed by atoms with Gasteiger partial charge in [0, 0.05) is 14.7 Å². The zero-order valence-electron chi connectivity index (χ0n) is 9.38. The van der Waals surface area contributed by atoms with E-state index in [1.807, 2.05) is 24.3 Å². The fourth-order valence-corrected chi connectivity index (χ4v) is 2.60. The Labute approximate surface area is 110 Å². The van der Waals surface area contributed by atoms with Gasteiger partial charge in [0.15, 0.2) is 0 Å². The van der Waals surface area contributed by atoms with Crippen LogP contribution in [-0.2, 0) is 0 Å². The smallest absolute Gasteiger partial charge is 0.0991 e. The fourth-order valence-electron chi connectivity index (χ4n) is 1.38. The van der Waals surface area contributed by atoms with E-state index in [1.165, 1.54) is 9.79 Å². The van der Waals surface area contributed by atoms with Gasteiger partial charge >= 0.3 is 0 Å². The molecule has 2 aromatic rings. The third-order valence-corrected chi connectivity index (χ3v) is 4.04. The van der Waals surface area contributed by atoms with E-state index in [2.05, 4.69) is 36.6 Å². The highest BCUT2D eigenvalue weighted by Gasteiger charge is 1.98. The minimum Gasteiger partial charge on any atom is -0.192 e. The van der Waals surface area contributed by atoms with Crippen molar-refractivity contribution < 1.29 is 0 Å². The van der Waals surface area contributed by atoms with Crippen LogP contribution in [0.4, 0.5) is 0 Å². The second-order valence-electron chi connectivity index (χ2n) is 3.41. The second-order valence-corrected chi connectivity index (χ2v) is 5.44. The van der Waals surface area contributed by atoms with Crippen molar-refractivity contribution in [2.45, 2.75) is 14.7 Å². The van der Waals surface area contributed by atoms with E-state index in [1.54, 1.807) is 23.5 Å². The third-order valence-electron chi connectivity index (χ3n) is 2.28. The minimum absolute atomic E-state index is 0.701. The molecule has 0 saturated carbocycles. The quantitative estimate of drug-likeness (QED) is 0.760. The lowest BCUT2D eigenvalue weighted by Gasteiger charge is -2.02. The van der Waals surface area contributed by atoms with Gasteiger partial charge in [-0.15, -0.1) is 11.8 Å². The largest absolute Gasteiger partial charge is 0.192 e. The van der Waals surface area contributed by atoms with Crippen molar-refractivity contribution in [1.29, 1.82) is 5.26 Å². The van der Waals surface area contributed by atoms with Crippen LogP contribution in [-0.4, -0.2) is 6.26 Å². The van der Waals surface area contributed by atoms with Crippen LogP contribution in [0, 0.1) is 11.3 Å². The molecular formula is C14H11NS2. The van der Waals surface area contributed by atoms with Gasteiger partial charge in [-0.1, -0.05) is 11.8 Å². The van der Waals surface area contributed by atoms with Gasteiger partial charge in [0.25, 0.3) is 0 Å². The van der Waals surface area contributed by atoms with Crippen LogP contribution in [0.5, 0.6) is 0 Å². The van der Waals surface area contributed by atoms with Crippen LogP contribution >= 0.6 is 23.5 Å². The number of hydrogen-bond acceptors (Lipinski definition) is 3. The van der Waals surface area contributed by atoms with Crippen molar-refractivity contribution in [3.05, 3.63) is 54.1 Å². The molecule has 3 heteroatoms. The van der Waals surface area contributed by atoms with E-state index in [9.17, 15) is 0 Å². The summed E-state index contributed by atoms with van der Waals surface area (Å²) in [7, 11) is 0. The average molecular weight is 257 g/mol. The monoisotopic (exact) mass is 257 g/mol. The fraction of sp³-hybridized carbons (Fsp3) is 0.0714. The van der Waals surface area contributed by atoms with Crippen LogP contribution in [0.15, 0.2) is 63.2 Å². The number of nitriles is 1. The summed E-state index contributed by atoms with van der Waals surface area (Å²) in [5, 5.41) is 8.72. The van der Waals surface area contributed by atoms with Crippen molar-refractivity contribution in [3.63, 3.8) is 0 Å². The Bertz CT molecular complexity index is 524. The van der Waals surface area contributed by atoms with Gasteiger partial charge in [-0.25, -0.2) is 0 Å². The maximum absolute atomic E-state index is 8.72. The molecule has 0 amide bonds. The van der Waals surface area contributed by atoms with Gasteiger partial charge < -0.3 is 0 Å². The van der Waals surface area contributed by atoms with E-state index >= 15 is 0 Å². The first-order valence-electron chi connectivity index (χ1n) is 5.14. The Kier molecular flexibility index (Phi) is 4.13. The first kappa shape index (κ1) is 12.1.